The fourth-order valence-corrected chi connectivity index (χ4v) is 5.93. The van der Waals surface area contributed by atoms with E-state index in [-0.39, 0.29) is 29.5 Å². The molecule has 5 rings (SSSR count). The van der Waals surface area contributed by atoms with Crippen LogP contribution in [0.3, 0.4) is 0 Å². The second-order valence-corrected chi connectivity index (χ2v) is 12.1. The molecule has 0 saturated carbocycles. The first-order valence-corrected chi connectivity index (χ1v) is 14.5. The van der Waals surface area contributed by atoms with Gasteiger partial charge in [-0.1, -0.05) is 31.2 Å². The van der Waals surface area contributed by atoms with E-state index in [0.29, 0.717) is 41.8 Å². The number of imidazole rings is 1. The number of aromatic nitrogens is 3. The van der Waals surface area contributed by atoms with Crippen LogP contribution in [0.15, 0.2) is 71.8 Å². The number of hydrogen-bond acceptors (Lipinski definition) is 5. The minimum Gasteiger partial charge on any atom is -0.333 e. The number of rotatable bonds is 8. The summed E-state index contributed by atoms with van der Waals surface area (Å²) >= 11 is 0. The van der Waals surface area contributed by atoms with E-state index >= 15 is 0 Å². The molecule has 10 nitrogen and oxygen atoms in total. The highest BCUT2D eigenvalue weighted by molar-refractivity contribution is 6.19. The highest BCUT2D eigenvalue weighted by Gasteiger charge is 2.43. The molecule has 0 bridgehead atoms. The maximum Gasteiger partial charge on any atom is 0.327 e. The SMILES string of the molecule is CCC(c1ccc2c(c1)N(C)C(=O)C(C)(C)C(=O)N2)N(CCc1cccnc1)C(=O)C(C)(C)n1c(=O)[nH]c2ccccc21. The van der Waals surface area contributed by atoms with Gasteiger partial charge in [-0.25, -0.2) is 4.79 Å². The van der Waals surface area contributed by atoms with E-state index in [2.05, 4.69) is 15.3 Å². The summed E-state index contributed by atoms with van der Waals surface area (Å²) in [5.41, 5.74) is 1.38. The Labute approximate surface area is 250 Å². The van der Waals surface area contributed by atoms with Gasteiger partial charge in [0.2, 0.25) is 17.7 Å². The second kappa shape index (κ2) is 11.2. The Morgan fingerprint density at radius 2 is 1.81 bits per heavy atom. The van der Waals surface area contributed by atoms with Gasteiger partial charge in [-0.05, 0) is 82.0 Å². The van der Waals surface area contributed by atoms with E-state index in [1.165, 1.54) is 9.47 Å². The Balaban J connectivity index is 1.59. The first-order chi connectivity index (χ1) is 20.4. The van der Waals surface area contributed by atoms with Gasteiger partial charge in [-0.15, -0.1) is 0 Å². The number of H-pyrrole nitrogens is 1. The molecule has 0 spiro atoms. The summed E-state index contributed by atoms with van der Waals surface area (Å²) in [4.78, 5) is 64.4. The molecule has 10 heteroatoms. The monoisotopic (exact) mass is 582 g/mol. The van der Waals surface area contributed by atoms with Gasteiger partial charge in [0.25, 0.3) is 0 Å². The summed E-state index contributed by atoms with van der Waals surface area (Å²) in [7, 11) is 1.66. The number of para-hydroxylation sites is 2. The Morgan fingerprint density at radius 3 is 2.51 bits per heavy atom. The van der Waals surface area contributed by atoms with Crippen molar-refractivity contribution in [2.45, 2.75) is 59.0 Å². The smallest absolute Gasteiger partial charge is 0.327 e. The number of nitrogens with one attached hydrogen (secondary N) is 2. The number of carbonyl (C=O) groups excluding carboxylic acids is 3. The van der Waals surface area contributed by atoms with Crippen molar-refractivity contribution in [3.63, 3.8) is 0 Å². The van der Waals surface area contributed by atoms with Crippen LogP contribution in [-0.4, -0.2) is 50.7 Å². The van der Waals surface area contributed by atoms with Crippen LogP contribution in [0, 0.1) is 5.41 Å². The van der Waals surface area contributed by atoms with Gasteiger partial charge in [0, 0.05) is 26.0 Å². The summed E-state index contributed by atoms with van der Waals surface area (Å²) in [6, 6.07) is 16.3. The second-order valence-electron chi connectivity index (χ2n) is 12.1. The fraction of sp³-hybridized carbons (Fsp3) is 0.364. The van der Waals surface area contributed by atoms with Gasteiger partial charge in [-0.3, -0.25) is 23.9 Å². The van der Waals surface area contributed by atoms with Gasteiger partial charge in [0.1, 0.15) is 11.0 Å². The summed E-state index contributed by atoms with van der Waals surface area (Å²) in [6.07, 6.45) is 4.63. The van der Waals surface area contributed by atoms with Crippen molar-refractivity contribution < 1.29 is 14.4 Å². The van der Waals surface area contributed by atoms with E-state index in [4.69, 9.17) is 0 Å². The molecule has 2 aromatic heterocycles. The molecule has 1 aliphatic rings. The van der Waals surface area contributed by atoms with Crippen LogP contribution in [0.2, 0.25) is 0 Å². The number of amides is 3. The number of anilines is 2. The average Bonchev–Trinajstić information content (AvgIpc) is 3.32. The molecular formula is C33H38N6O4. The predicted octanol–water partition coefficient (Wildman–Crippen LogP) is 4.62. The van der Waals surface area contributed by atoms with Crippen LogP contribution in [0.1, 0.15) is 58.2 Å². The lowest BCUT2D eigenvalue weighted by molar-refractivity contribution is -0.142. The number of hydrogen-bond donors (Lipinski definition) is 2. The zero-order chi connectivity index (χ0) is 31.1. The molecule has 224 valence electrons. The Bertz CT molecular complexity index is 1750. The highest BCUT2D eigenvalue weighted by Crippen LogP contribution is 2.38. The van der Waals surface area contributed by atoms with Gasteiger partial charge in [0.15, 0.2) is 0 Å². The van der Waals surface area contributed by atoms with Crippen molar-refractivity contribution in [3.05, 3.63) is 88.6 Å². The van der Waals surface area contributed by atoms with Gasteiger partial charge in [-0.2, -0.15) is 0 Å². The first kappa shape index (κ1) is 29.8. The third-order valence-corrected chi connectivity index (χ3v) is 8.48. The molecule has 2 aromatic carbocycles. The molecule has 3 heterocycles. The van der Waals surface area contributed by atoms with Crippen molar-refractivity contribution in [1.29, 1.82) is 0 Å². The first-order valence-electron chi connectivity index (χ1n) is 14.5. The van der Waals surface area contributed by atoms with E-state index in [0.717, 1.165) is 11.1 Å². The number of benzene rings is 2. The minimum absolute atomic E-state index is 0.219. The van der Waals surface area contributed by atoms with Crippen molar-refractivity contribution in [2.24, 2.45) is 5.41 Å². The molecule has 1 unspecified atom stereocenters. The molecule has 0 saturated heterocycles. The molecule has 3 amide bonds. The maximum atomic E-state index is 14.7. The zero-order valence-electron chi connectivity index (χ0n) is 25.5. The van der Waals surface area contributed by atoms with Crippen LogP contribution in [0.4, 0.5) is 11.4 Å². The highest BCUT2D eigenvalue weighted by atomic mass is 16.2. The Kier molecular flexibility index (Phi) is 7.72. The zero-order valence-corrected chi connectivity index (χ0v) is 25.5. The fourth-order valence-electron chi connectivity index (χ4n) is 5.93. The molecular weight excluding hydrogens is 544 g/mol. The number of fused-ring (bicyclic) bond motifs is 2. The Morgan fingerprint density at radius 1 is 1.07 bits per heavy atom. The molecule has 4 aromatic rings. The third kappa shape index (κ3) is 5.22. The summed E-state index contributed by atoms with van der Waals surface area (Å²) < 4.78 is 1.52. The van der Waals surface area contributed by atoms with E-state index in [1.54, 1.807) is 53.2 Å². The van der Waals surface area contributed by atoms with Crippen LogP contribution < -0.4 is 15.9 Å². The summed E-state index contributed by atoms with van der Waals surface area (Å²) in [5, 5.41) is 2.89. The quantitative estimate of drug-likeness (QED) is 0.294. The molecule has 0 fully saturated rings. The average molecular weight is 583 g/mol. The van der Waals surface area contributed by atoms with Crippen LogP contribution in [0.25, 0.3) is 11.0 Å². The van der Waals surface area contributed by atoms with Crippen LogP contribution in [-0.2, 0) is 26.3 Å². The standard InChI is InChI=1S/C33H38N6O4/c1-7-25(22-14-15-24-27(19-22)37(6)29(41)32(2,3)28(40)35-24)38(18-16-21-11-10-17-34-20-21)30(42)33(4,5)39-26-13-9-8-12-23(26)36-31(39)43/h8-15,17,19-20,25H,7,16,18H2,1-6H3,(H,35,40)(H,36,43). The predicted molar refractivity (Wildman–Crippen MR) is 167 cm³/mol. The van der Waals surface area contributed by atoms with Crippen molar-refractivity contribution >= 4 is 40.1 Å². The molecule has 1 aliphatic heterocycles. The number of aromatic amines is 1. The number of carbonyl (C=O) groups is 3. The molecule has 0 aliphatic carbocycles. The van der Waals surface area contributed by atoms with Crippen LogP contribution >= 0.6 is 0 Å². The van der Waals surface area contributed by atoms with E-state index in [9.17, 15) is 19.2 Å². The Hall–Kier alpha value is -4.73. The minimum atomic E-state index is -1.24. The van der Waals surface area contributed by atoms with Crippen molar-refractivity contribution in [3.8, 4) is 0 Å². The van der Waals surface area contributed by atoms with Gasteiger partial charge < -0.3 is 20.1 Å². The van der Waals surface area contributed by atoms with E-state index in [1.807, 2.05) is 60.4 Å². The van der Waals surface area contributed by atoms with Crippen LogP contribution in [0.5, 0.6) is 0 Å². The third-order valence-electron chi connectivity index (χ3n) is 8.48. The molecule has 2 N–H and O–H groups in total. The normalized spacial score (nSPS) is 15.5. The molecule has 0 radical (unpaired) electrons. The van der Waals surface area contributed by atoms with Gasteiger partial charge >= 0.3 is 5.69 Å². The topological polar surface area (TPSA) is 120 Å². The number of nitrogens with zero attached hydrogens (tertiary/aromatic N) is 4. The van der Waals surface area contributed by atoms with Crippen molar-refractivity contribution in [1.82, 2.24) is 19.4 Å². The van der Waals surface area contributed by atoms with E-state index < -0.39 is 11.0 Å². The largest absolute Gasteiger partial charge is 0.333 e. The summed E-state index contributed by atoms with van der Waals surface area (Å²) in [6.45, 7) is 9.13. The van der Waals surface area contributed by atoms with Gasteiger partial charge in [0.05, 0.1) is 28.5 Å². The number of pyridine rings is 1. The lowest BCUT2D eigenvalue weighted by Gasteiger charge is -2.38. The molecule has 43 heavy (non-hydrogen) atoms. The lowest BCUT2D eigenvalue weighted by atomic mass is 9.91. The summed E-state index contributed by atoms with van der Waals surface area (Å²) in [5.74, 6) is -0.913. The van der Waals surface area contributed by atoms with Crippen molar-refractivity contribution in [2.75, 3.05) is 23.8 Å². The maximum absolute atomic E-state index is 14.7. The lowest BCUT2D eigenvalue weighted by Crippen LogP contribution is -2.51. The molecule has 1 atom stereocenters.